The molecule has 0 atom stereocenters. The van der Waals surface area contributed by atoms with E-state index in [0.717, 1.165) is 44.3 Å². The Morgan fingerprint density at radius 1 is 0.297 bits per heavy atom. The topological polar surface area (TPSA) is 23.0 Å². The van der Waals surface area contributed by atoms with Crippen LogP contribution in [0.2, 0.25) is 0 Å². The number of hydrogen-bond donors (Lipinski definition) is 0. The van der Waals surface area contributed by atoms with Crippen LogP contribution in [0.1, 0.15) is 0 Å². The summed E-state index contributed by atoms with van der Waals surface area (Å²) in [5.74, 6) is 0. The lowest BCUT2D eigenvalue weighted by molar-refractivity contribution is 0.669. The Kier molecular flexibility index (Phi) is 8.23. The van der Waals surface area contributed by atoms with Gasteiger partial charge in [0.05, 0.1) is 27.8 Å². The van der Waals surface area contributed by atoms with Gasteiger partial charge in [-0.1, -0.05) is 194 Å². The van der Waals surface area contributed by atoms with Gasteiger partial charge in [-0.2, -0.15) is 0 Å². The Bertz CT molecular complexity index is 3790. The average molecular weight is 833 g/mol. The Labute approximate surface area is 371 Å². The highest BCUT2D eigenvalue weighted by molar-refractivity contribution is 7.19. The minimum absolute atomic E-state index is 0.899. The van der Waals surface area contributed by atoms with E-state index in [1.807, 2.05) is 6.07 Å². The molecular formula is C60H40N2OSi. The van der Waals surface area contributed by atoms with Crippen molar-refractivity contribution < 1.29 is 4.42 Å². The first kappa shape index (κ1) is 36.5. The fourth-order valence-electron chi connectivity index (χ4n) is 10.9. The van der Waals surface area contributed by atoms with Crippen LogP contribution in [-0.2, 0) is 0 Å². The molecule has 0 fully saturated rings. The summed E-state index contributed by atoms with van der Waals surface area (Å²) in [5, 5.41) is 12.6. The van der Waals surface area contributed by atoms with Crippen LogP contribution in [0.3, 0.4) is 0 Å². The Hall–Kier alpha value is -8.18. The third-order valence-corrected chi connectivity index (χ3v) is 18.3. The Morgan fingerprint density at radius 3 is 1.44 bits per heavy atom. The van der Waals surface area contributed by atoms with Crippen LogP contribution in [0.25, 0.3) is 88.1 Å². The molecule has 0 aliphatic carbocycles. The van der Waals surface area contributed by atoms with E-state index in [9.17, 15) is 0 Å². The van der Waals surface area contributed by atoms with Gasteiger partial charge in [0.2, 0.25) is 0 Å². The van der Waals surface area contributed by atoms with Crippen molar-refractivity contribution in [3.8, 4) is 22.5 Å². The average Bonchev–Trinajstić information content (AvgIpc) is 4.04. The predicted octanol–water partition coefficient (Wildman–Crippen LogP) is 12.8. The minimum Gasteiger partial charge on any atom is -0.456 e. The van der Waals surface area contributed by atoms with E-state index in [-0.39, 0.29) is 0 Å². The van der Waals surface area contributed by atoms with Crippen molar-refractivity contribution in [1.29, 1.82) is 0 Å². The molecule has 0 aliphatic heterocycles. The highest BCUT2D eigenvalue weighted by Crippen LogP contribution is 2.44. The molecule has 13 rings (SSSR count). The van der Waals surface area contributed by atoms with Crippen LogP contribution >= 0.6 is 0 Å². The number of nitrogens with zero attached hydrogens (tertiary/aromatic N) is 2. The van der Waals surface area contributed by atoms with Crippen LogP contribution in [0.5, 0.6) is 0 Å². The SMILES string of the molecule is c1ccc([Si](c2ccccc2)(c2ccccc2)c2ccc(-n3c4ccccc4c4cccc(-n5c6ccccc6c6c(-c7cccc8oc9ccccc9c78)cccc65)c43)cc2)cc1. The van der Waals surface area contributed by atoms with Gasteiger partial charge in [0.15, 0.2) is 8.07 Å². The number of hydrogen-bond acceptors (Lipinski definition) is 1. The molecule has 13 aromatic rings. The first-order valence-corrected chi connectivity index (χ1v) is 24.0. The first-order chi connectivity index (χ1) is 31.8. The van der Waals surface area contributed by atoms with Crippen molar-refractivity contribution in [1.82, 2.24) is 9.13 Å². The molecular weight excluding hydrogens is 793 g/mol. The summed E-state index contributed by atoms with van der Waals surface area (Å²) < 4.78 is 11.4. The van der Waals surface area contributed by atoms with Crippen molar-refractivity contribution in [3.05, 3.63) is 243 Å². The summed E-state index contributed by atoms with van der Waals surface area (Å²) in [6.07, 6.45) is 0. The van der Waals surface area contributed by atoms with Crippen LogP contribution in [0.4, 0.5) is 0 Å². The summed E-state index contributed by atoms with van der Waals surface area (Å²) in [6.45, 7) is 0. The van der Waals surface area contributed by atoms with Gasteiger partial charge >= 0.3 is 0 Å². The van der Waals surface area contributed by atoms with Crippen molar-refractivity contribution in [3.63, 3.8) is 0 Å². The normalized spacial score (nSPS) is 12.1. The lowest BCUT2D eigenvalue weighted by atomic mass is 9.95. The number of rotatable bonds is 7. The maximum Gasteiger partial charge on any atom is 0.179 e. The van der Waals surface area contributed by atoms with Gasteiger partial charge in [-0.05, 0) is 80.4 Å². The largest absolute Gasteiger partial charge is 0.456 e. The van der Waals surface area contributed by atoms with Crippen molar-refractivity contribution in [2.75, 3.05) is 0 Å². The Balaban J connectivity index is 1.07. The number of fused-ring (bicyclic) bond motifs is 9. The molecule has 0 aliphatic rings. The number of aromatic nitrogens is 2. The highest BCUT2D eigenvalue weighted by atomic mass is 28.3. The fourth-order valence-corrected chi connectivity index (χ4v) is 15.6. The maximum atomic E-state index is 6.41. The van der Waals surface area contributed by atoms with E-state index in [2.05, 4.69) is 246 Å². The number of benzene rings is 10. The molecule has 300 valence electrons. The smallest absolute Gasteiger partial charge is 0.179 e. The fraction of sp³-hybridized carbons (Fsp3) is 0. The molecule has 3 heterocycles. The van der Waals surface area contributed by atoms with Crippen LogP contribution in [0, 0.1) is 0 Å². The molecule has 3 aromatic heterocycles. The van der Waals surface area contributed by atoms with E-state index < -0.39 is 8.07 Å². The molecule has 0 saturated heterocycles. The van der Waals surface area contributed by atoms with Gasteiger partial charge in [0, 0.05) is 38.0 Å². The van der Waals surface area contributed by atoms with E-state index in [0.29, 0.717) is 0 Å². The second-order valence-corrected chi connectivity index (χ2v) is 20.6. The zero-order valence-corrected chi connectivity index (χ0v) is 35.9. The molecule has 0 N–H and O–H groups in total. The molecule has 3 nitrogen and oxygen atoms in total. The molecule has 0 saturated carbocycles. The van der Waals surface area contributed by atoms with E-state index in [1.165, 1.54) is 64.5 Å². The van der Waals surface area contributed by atoms with Crippen molar-refractivity contribution >= 4 is 94.4 Å². The zero-order valence-electron chi connectivity index (χ0n) is 34.9. The van der Waals surface area contributed by atoms with E-state index in [4.69, 9.17) is 4.42 Å². The minimum atomic E-state index is -2.71. The van der Waals surface area contributed by atoms with Crippen molar-refractivity contribution in [2.24, 2.45) is 0 Å². The summed E-state index contributed by atoms with van der Waals surface area (Å²) in [7, 11) is -2.71. The summed E-state index contributed by atoms with van der Waals surface area (Å²) in [5.41, 5.74) is 11.1. The summed E-state index contributed by atoms with van der Waals surface area (Å²) in [4.78, 5) is 0. The van der Waals surface area contributed by atoms with E-state index >= 15 is 0 Å². The predicted molar refractivity (Wildman–Crippen MR) is 271 cm³/mol. The Morgan fingerprint density at radius 2 is 0.766 bits per heavy atom. The lowest BCUT2D eigenvalue weighted by Gasteiger charge is -2.34. The first-order valence-electron chi connectivity index (χ1n) is 22.0. The van der Waals surface area contributed by atoms with Crippen LogP contribution in [0.15, 0.2) is 247 Å². The molecule has 4 heteroatoms. The molecule has 64 heavy (non-hydrogen) atoms. The van der Waals surface area contributed by atoms with Gasteiger partial charge in [0.25, 0.3) is 0 Å². The third kappa shape index (κ3) is 5.27. The number of para-hydroxylation sites is 4. The summed E-state index contributed by atoms with van der Waals surface area (Å²) in [6, 6.07) is 89.2. The molecule has 0 amide bonds. The summed E-state index contributed by atoms with van der Waals surface area (Å²) >= 11 is 0. The maximum absolute atomic E-state index is 6.41. The zero-order chi connectivity index (χ0) is 42.2. The van der Waals surface area contributed by atoms with Crippen LogP contribution in [-0.4, -0.2) is 17.2 Å². The number of furan rings is 1. The second-order valence-electron chi connectivity index (χ2n) is 16.8. The van der Waals surface area contributed by atoms with Crippen LogP contribution < -0.4 is 20.7 Å². The van der Waals surface area contributed by atoms with Gasteiger partial charge < -0.3 is 13.6 Å². The molecule has 0 bridgehead atoms. The molecule has 10 aromatic carbocycles. The quantitative estimate of drug-likeness (QED) is 0.116. The second kappa shape index (κ2) is 14.5. The van der Waals surface area contributed by atoms with Gasteiger partial charge in [-0.15, -0.1) is 0 Å². The van der Waals surface area contributed by atoms with Gasteiger partial charge in [-0.25, -0.2) is 0 Å². The lowest BCUT2D eigenvalue weighted by Crippen LogP contribution is -2.74. The third-order valence-electron chi connectivity index (χ3n) is 13.5. The van der Waals surface area contributed by atoms with E-state index in [1.54, 1.807) is 0 Å². The molecule has 0 spiro atoms. The highest BCUT2D eigenvalue weighted by Gasteiger charge is 2.41. The molecule has 0 radical (unpaired) electrons. The van der Waals surface area contributed by atoms with Crippen molar-refractivity contribution in [2.45, 2.75) is 0 Å². The standard InChI is InChI=1S/C60H40N2OSi/c1-4-19-42(20-5-1)64(43-21-6-2-7-22-43,44-23-8-3-9-24-44)45-39-37-41(38-40-45)61-52-31-13-10-25-46(52)49-30-17-34-55(60(49)61)62-53-32-14-11-26-50(53)58-47(28-16-33-54(58)62)48-29-18-36-57-59(48)51-27-12-15-35-56(51)63-57/h1-40H. The monoisotopic (exact) mass is 832 g/mol. The van der Waals surface area contributed by atoms with Gasteiger partial charge in [0.1, 0.15) is 11.2 Å². The van der Waals surface area contributed by atoms with Gasteiger partial charge in [-0.3, -0.25) is 0 Å². The molecule has 0 unspecified atom stereocenters.